The highest BCUT2D eigenvalue weighted by molar-refractivity contribution is 5.96. The molecule has 0 aliphatic rings. The Labute approximate surface area is 68.4 Å². The second-order valence-corrected chi connectivity index (χ2v) is 2.39. The van der Waals surface area contributed by atoms with Crippen LogP contribution in [0.1, 0.15) is 20.8 Å². The van der Waals surface area contributed by atoms with Gasteiger partial charge in [0, 0.05) is 13.2 Å². The maximum absolute atomic E-state index is 10.6. The van der Waals surface area contributed by atoms with Crippen molar-refractivity contribution in [1.29, 1.82) is 0 Å². The van der Waals surface area contributed by atoms with Crippen LogP contribution < -0.4 is 5.73 Å². The van der Waals surface area contributed by atoms with Gasteiger partial charge in [0.1, 0.15) is 5.69 Å². The van der Waals surface area contributed by atoms with Crippen molar-refractivity contribution in [3.05, 3.63) is 23.5 Å². The second kappa shape index (κ2) is 2.69. The Morgan fingerprint density at radius 2 is 2.17 bits per heavy atom. The Hall–Kier alpha value is -1.78. The van der Waals surface area contributed by atoms with Crippen LogP contribution in [-0.2, 0) is 7.05 Å². The maximum atomic E-state index is 10.6. The molecule has 0 saturated heterocycles. The summed E-state index contributed by atoms with van der Waals surface area (Å²) >= 11 is 0. The molecule has 0 spiro atoms. The van der Waals surface area contributed by atoms with Crippen LogP contribution in [0.15, 0.2) is 12.3 Å². The zero-order valence-electron chi connectivity index (χ0n) is 6.44. The number of amides is 1. The molecule has 64 valence electrons. The molecule has 0 unspecified atom stereocenters. The third-order valence-corrected chi connectivity index (χ3v) is 1.51. The van der Waals surface area contributed by atoms with E-state index in [0.29, 0.717) is 0 Å². The average molecular weight is 168 g/mol. The summed E-state index contributed by atoms with van der Waals surface area (Å²) in [6, 6.07) is 1.24. The van der Waals surface area contributed by atoms with Gasteiger partial charge in [0.05, 0.1) is 5.56 Å². The molecular weight excluding hydrogens is 160 g/mol. The molecule has 0 radical (unpaired) electrons. The van der Waals surface area contributed by atoms with Gasteiger partial charge in [-0.15, -0.1) is 0 Å². The third-order valence-electron chi connectivity index (χ3n) is 1.51. The molecule has 5 heteroatoms. The SMILES string of the molecule is Cn1cc(C(N)=O)cc1C(=O)O. The molecule has 0 atom stereocenters. The topological polar surface area (TPSA) is 85.3 Å². The fourth-order valence-electron chi connectivity index (χ4n) is 0.912. The van der Waals surface area contributed by atoms with Gasteiger partial charge >= 0.3 is 5.97 Å². The summed E-state index contributed by atoms with van der Waals surface area (Å²) in [6.45, 7) is 0. The molecule has 1 heterocycles. The van der Waals surface area contributed by atoms with Crippen molar-refractivity contribution in [2.45, 2.75) is 0 Å². The van der Waals surface area contributed by atoms with Gasteiger partial charge < -0.3 is 15.4 Å². The number of carbonyl (C=O) groups is 2. The number of aromatic nitrogens is 1. The lowest BCUT2D eigenvalue weighted by molar-refractivity contribution is 0.0686. The molecule has 0 fully saturated rings. The lowest BCUT2D eigenvalue weighted by Gasteiger charge is -1.92. The van der Waals surface area contributed by atoms with E-state index in [4.69, 9.17) is 10.8 Å². The minimum Gasteiger partial charge on any atom is -0.477 e. The fourth-order valence-corrected chi connectivity index (χ4v) is 0.912. The molecule has 0 aromatic carbocycles. The smallest absolute Gasteiger partial charge is 0.352 e. The maximum Gasteiger partial charge on any atom is 0.352 e. The van der Waals surface area contributed by atoms with Gasteiger partial charge in [-0.1, -0.05) is 0 Å². The third kappa shape index (κ3) is 1.29. The molecule has 0 bridgehead atoms. The van der Waals surface area contributed by atoms with Crippen molar-refractivity contribution >= 4 is 11.9 Å². The summed E-state index contributed by atoms with van der Waals surface area (Å²) in [7, 11) is 1.54. The van der Waals surface area contributed by atoms with Crippen molar-refractivity contribution in [3.63, 3.8) is 0 Å². The number of nitrogens with zero attached hydrogens (tertiary/aromatic N) is 1. The molecule has 0 aliphatic heterocycles. The van der Waals surface area contributed by atoms with E-state index in [1.54, 1.807) is 0 Å². The minimum atomic E-state index is -1.08. The van der Waals surface area contributed by atoms with Gasteiger partial charge in [0.25, 0.3) is 0 Å². The fraction of sp³-hybridized carbons (Fsp3) is 0.143. The Kier molecular flexibility index (Phi) is 1.86. The van der Waals surface area contributed by atoms with Crippen LogP contribution in [-0.4, -0.2) is 21.6 Å². The van der Waals surface area contributed by atoms with Gasteiger partial charge in [-0.25, -0.2) is 4.79 Å². The first-order chi connectivity index (χ1) is 5.52. The number of rotatable bonds is 2. The van der Waals surface area contributed by atoms with E-state index in [1.165, 1.54) is 23.9 Å². The predicted octanol–water partition coefficient (Wildman–Crippen LogP) is -0.178. The molecule has 0 saturated carbocycles. The van der Waals surface area contributed by atoms with Gasteiger partial charge in [-0.2, -0.15) is 0 Å². The van der Waals surface area contributed by atoms with E-state index in [0.717, 1.165) is 0 Å². The highest BCUT2D eigenvalue weighted by Crippen LogP contribution is 2.05. The van der Waals surface area contributed by atoms with Gasteiger partial charge in [-0.05, 0) is 6.07 Å². The van der Waals surface area contributed by atoms with E-state index in [9.17, 15) is 9.59 Å². The number of carbonyl (C=O) groups excluding carboxylic acids is 1. The summed E-state index contributed by atoms with van der Waals surface area (Å²) in [5.74, 6) is -1.71. The first-order valence-corrected chi connectivity index (χ1v) is 3.22. The molecule has 1 rings (SSSR count). The zero-order valence-corrected chi connectivity index (χ0v) is 6.44. The Morgan fingerprint density at radius 3 is 2.42 bits per heavy atom. The monoisotopic (exact) mass is 168 g/mol. The molecule has 1 aromatic rings. The molecule has 1 amide bonds. The molecule has 1 aromatic heterocycles. The van der Waals surface area contributed by atoms with E-state index < -0.39 is 11.9 Å². The molecular formula is C7H8N2O3. The number of aromatic carboxylic acids is 1. The van der Waals surface area contributed by atoms with Crippen LogP contribution in [0.2, 0.25) is 0 Å². The van der Waals surface area contributed by atoms with Crippen LogP contribution in [0.25, 0.3) is 0 Å². The minimum absolute atomic E-state index is 0.0452. The van der Waals surface area contributed by atoms with Crippen LogP contribution >= 0.6 is 0 Å². The van der Waals surface area contributed by atoms with E-state index in [1.807, 2.05) is 0 Å². The first kappa shape index (κ1) is 8.32. The second-order valence-electron chi connectivity index (χ2n) is 2.39. The quantitative estimate of drug-likeness (QED) is 0.642. The van der Waals surface area contributed by atoms with E-state index >= 15 is 0 Å². The van der Waals surface area contributed by atoms with Crippen molar-refractivity contribution in [2.75, 3.05) is 0 Å². The number of carboxylic acids is 1. The zero-order chi connectivity index (χ0) is 9.30. The average Bonchev–Trinajstić information content (AvgIpc) is 2.30. The number of nitrogens with two attached hydrogens (primary N) is 1. The Bertz CT molecular complexity index is 340. The Balaban J connectivity index is 3.17. The van der Waals surface area contributed by atoms with E-state index in [-0.39, 0.29) is 11.3 Å². The summed E-state index contributed by atoms with van der Waals surface area (Å²) in [6.07, 6.45) is 1.38. The van der Waals surface area contributed by atoms with Crippen molar-refractivity contribution < 1.29 is 14.7 Å². The largest absolute Gasteiger partial charge is 0.477 e. The number of hydrogen-bond donors (Lipinski definition) is 2. The number of primary amides is 1. The summed E-state index contributed by atoms with van der Waals surface area (Å²) in [5, 5.41) is 8.59. The summed E-state index contributed by atoms with van der Waals surface area (Å²) in [5.41, 5.74) is 5.20. The molecule has 5 nitrogen and oxygen atoms in total. The van der Waals surface area contributed by atoms with Crippen LogP contribution in [0, 0.1) is 0 Å². The number of aryl methyl sites for hydroxylation is 1. The lowest BCUT2D eigenvalue weighted by atomic mass is 10.3. The predicted molar refractivity (Wildman–Crippen MR) is 40.9 cm³/mol. The van der Waals surface area contributed by atoms with Crippen molar-refractivity contribution in [1.82, 2.24) is 4.57 Å². The lowest BCUT2D eigenvalue weighted by Crippen LogP contribution is -2.09. The summed E-state index contributed by atoms with van der Waals surface area (Å²) < 4.78 is 1.34. The van der Waals surface area contributed by atoms with Gasteiger partial charge in [0.15, 0.2) is 0 Å². The van der Waals surface area contributed by atoms with Crippen LogP contribution in [0.3, 0.4) is 0 Å². The van der Waals surface area contributed by atoms with Gasteiger partial charge in [-0.3, -0.25) is 4.79 Å². The normalized spacial score (nSPS) is 9.75. The first-order valence-electron chi connectivity index (χ1n) is 3.22. The van der Waals surface area contributed by atoms with Gasteiger partial charge in [0.2, 0.25) is 5.91 Å². The molecule has 12 heavy (non-hydrogen) atoms. The number of carboxylic acid groups (broad SMARTS) is 1. The standard InChI is InChI=1S/C7H8N2O3/c1-9-3-4(6(8)10)2-5(9)7(11)12/h2-3H,1H3,(H2,8,10)(H,11,12). The highest BCUT2D eigenvalue weighted by atomic mass is 16.4. The highest BCUT2D eigenvalue weighted by Gasteiger charge is 2.11. The summed E-state index contributed by atoms with van der Waals surface area (Å²) in [4.78, 5) is 21.1. The van der Waals surface area contributed by atoms with Crippen LogP contribution in [0.5, 0.6) is 0 Å². The Morgan fingerprint density at radius 1 is 1.58 bits per heavy atom. The molecule has 3 N–H and O–H groups in total. The molecule has 0 aliphatic carbocycles. The van der Waals surface area contributed by atoms with Crippen LogP contribution in [0.4, 0.5) is 0 Å². The van der Waals surface area contributed by atoms with Crippen molar-refractivity contribution in [3.8, 4) is 0 Å². The van der Waals surface area contributed by atoms with E-state index in [2.05, 4.69) is 0 Å². The number of hydrogen-bond acceptors (Lipinski definition) is 2. The van der Waals surface area contributed by atoms with Crippen molar-refractivity contribution in [2.24, 2.45) is 12.8 Å².